The summed E-state index contributed by atoms with van der Waals surface area (Å²) in [5.41, 5.74) is 0.331. The van der Waals surface area contributed by atoms with Crippen LogP contribution in [0.15, 0.2) is 35.7 Å². The molecule has 2 N–H and O–H groups in total. The lowest BCUT2D eigenvalue weighted by atomic mass is 9.91. The van der Waals surface area contributed by atoms with Gasteiger partial charge >= 0.3 is 0 Å². The van der Waals surface area contributed by atoms with Crippen molar-refractivity contribution in [1.82, 2.24) is 5.32 Å². The number of hydrogen-bond donors (Lipinski definition) is 2. The van der Waals surface area contributed by atoms with Crippen LogP contribution in [0.1, 0.15) is 30.4 Å². The van der Waals surface area contributed by atoms with Crippen molar-refractivity contribution in [2.24, 2.45) is 0 Å². The summed E-state index contributed by atoms with van der Waals surface area (Å²) in [6, 6.07) is 7.56. The van der Waals surface area contributed by atoms with Gasteiger partial charge in [-0.25, -0.2) is 8.78 Å². The summed E-state index contributed by atoms with van der Waals surface area (Å²) >= 11 is 1.69. The van der Waals surface area contributed by atoms with Crippen LogP contribution in [0.25, 0.3) is 0 Å². The lowest BCUT2D eigenvalue weighted by Crippen LogP contribution is -2.34. The van der Waals surface area contributed by atoms with E-state index in [-0.39, 0.29) is 5.41 Å². The predicted molar refractivity (Wildman–Crippen MR) is 81.5 cm³/mol. The van der Waals surface area contributed by atoms with Gasteiger partial charge < -0.3 is 10.4 Å². The number of rotatable bonds is 6. The Bertz CT molecular complexity index is 584. The van der Waals surface area contributed by atoms with Crippen molar-refractivity contribution in [3.63, 3.8) is 0 Å². The normalized spacial score (nSPS) is 13.4. The minimum absolute atomic E-state index is 0.0397. The zero-order valence-corrected chi connectivity index (χ0v) is 12.9. The Morgan fingerprint density at radius 2 is 2.00 bits per heavy atom. The summed E-state index contributed by atoms with van der Waals surface area (Å²) in [5.74, 6) is -1.84. The molecule has 114 valence electrons. The number of aliphatic hydroxyl groups excluding tert-OH is 1. The molecule has 0 saturated carbocycles. The fourth-order valence-electron chi connectivity index (χ4n) is 2.11. The van der Waals surface area contributed by atoms with Crippen LogP contribution in [-0.2, 0) is 5.41 Å². The van der Waals surface area contributed by atoms with Gasteiger partial charge in [-0.2, -0.15) is 0 Å². The number of aliphatic hydroxyl groups is 1. The molecule has 2 nitrogen and oxygen atoms in total. The molecule has 1 atom stereocenters. The van der Waals surface area contributed by atoms with Gasteiger partial charge in [-0.05, 0) is 29.1 Å². The van der Waals surface area contributed by atoms with Gasteiger partial charge in [0.25, 0.3) is 0 Å². The van der Waals surface area contributed by atoms with Crippen LogP contribution in [0, 0.1) is 11.6 Å². The largest absolute Gasteiger partial charge is 0.387 e. The standard InChI is InChI=1S/C16H19F2NOS/c1-16(2,15-4-3-7-21-15)10-19-9-14(20)11-5-6-12(17)13(18)8-11/h3-8,14,19-20H,9-10H2,1-2H3. The summed E-state index contributed by atoms with van der Waals surface area (Å²) in [6.07, 6.45) is -0.862. The topological polar surface area (TPSA) is 32.3 Å². The first kappa shape index (κ1) is 16.1. The van der Waals surface area contributed by atoms with E-state index in [2.05, 4.69) is 25.2 Å². The lowest BCUT2D eigenvalue weighted by Gasteiger charge is -2.24. The van der Waals surface area contributed by atoms with E-state index in [1.807, 2.05) is 11.4 Å². The molecule has 2 aromatic rings. The van der Waals surface area contributed by atoms with Crippen LogP contribution in [0.2, 0.25) is 0 Å². The van der Waals surface area contributed by atoms with Crippen LogP contribution in [0.3, 0.4) is 0 Å². The summed E-state index contributed by atoms with van der Waals surface area (Å²) in [6.45, 7) is 5.22. The highest BCUT2D eigenvalue weighted by molar-refractivity contribution is 7.10. The van der Waals surface area contributed by atoms with Gasteiger partial charge in [0.05, 0.1) is 6.10 Å². The van der Waals surface area contributed by atoms with Crippen molar-refractivity contribution < 1.29 is 13.9 Å². The molecule has 0 aliphatic heterocycles. The fraction of sp³-hybridized carbons (Fsp3) is 0.375. The molecule has 0 saturated heterocycles. The molecule has 5 heteroatoms. The van der Waals surface area contributed by atoms with E-state index in [1.165, 1.54) is 10.9 Å². The molecule has 2 rings (SSSR count). The van der Waals surface area contributed by atoms with Gasteiger partial charge in [0, 0.05) is 23.4 Å². The first-order valence-corrected chi connectivity index (χ1v) is 7.66. The molecule has 0 bridgehead atoms. The molecule has 1 aromatic carbocycles. The summed E-state index contributed by atoms with van der Waals surface area (Å²) in [4.78, 5) is 1.26. The molecule has 0 fully saturated rings. The van der Waals surface area contributed by atoms with Crippen LogP contribution in [-0.4, -0.2) is 18.2 Å². The lowest BCUT2D eigenvalue weighted by molar-refractivity contribution is 0.172. The SMILES string of the molecule is CC(C)(CNCC(O)c1ccc(F)c(F)c1)c1cccs1. The van der Waals surface area contributed by atoms with E-state index in [1.54, 1.807) is 11.3 Å². The van der Waals surface area contributed by atoms with Gasteiger partial charge in [-0.1, -0.05) is 26.0 Å². The van der Waals surface area contributed by atoms with Crippen molar-refractivity contribution in [3.8, 4) is 0 Å². The predicted octanol–water partition coefficient (Wildman–Crippen LogP) is 3.63. The molecular formula is C16H19F2NOS. The Morgan fingerprint density at radius 3 is 2.62 bits per heavy atom. The van der Waals surface area contributed by atoms with Gasteiger partial charge in [-0.3, -0.25) is 0 Å². The zero-order chi connectivity index (χ0) is 15.5. The third-order valence-electron chi connectivity index (χ3n) is 3.42. The number of nitrogens with one attached hydrogen (secondary N) is 1. The highest BCUT2D eigenvalue weighted by atomic mass is 32.1. The fourth-order valence-corrected chi connectivity index (χ4v) is 2.96. The van der Waals surface area contributed by atoms with Crippen LogP contribution < -0.4 is 5.32 Å². The van der Waals surface area contributed by atoms with E-state index in [0.29, 0.717) is 18.7 Å². The van der Waals surface area contributed by atoms with E-state index < -0.39 is 17.7 Å². The van der Waals surface area contributed by atoms with E-state index in [4.69, 9.17) is 0 Å². The minimum Gasteiger partial charge on any atom is -0.387 e. The number of benzene rings is 1. The first-order chi connectivity index (χ1) is 9.90. The van der Waals surface area contributed by atoms with Gasteiger partial charge in [0.1, 0.15) is 0 Å². The quantitative estimate of drug-likeness (QED) is 0.854. The third kappa shape index (κ3) is 4.09. The molecule has 1 aromatic heterocycles. The highest BCUT2D eigenvalue weighted by Gasteiger charge is 2.21. The second kappa shape index (κ2) is 6.64. The van der Waals surface area contributed by atoms with Crippen molar-refractivity contribution >= 4 is 11.3 Å². The number of halogens is 2. The van der Waals surface area contributed by atoms with Crippen LogP contribution in [0.5, 0.6) is 0 Å². The molecule has 0 aliphatic rings. The number of hydrogen-bond acceptors (Lipinski definition) is 3. The smallest absolute Gasteiger partial charge is 0.159 e. The second-order valence-electron chi connectivity index (χ2n) is 5.68. The maximum Gasteiger partial charge on any atom is 0.159 e. The Labute approximate surface area is 127 Å². The summed E-state index contributed by atoms with van der Waals surface area (Å²) in [5, 5.41) is 15.2. The average Bonchev–Trinajstić information content (AvgIpc) is 2.96. The Hall–Kier alpha value is -1.30. The Kier molecular flexibility index (Phi) is 5.08. The average molecular weight is 311 g/mol. The highest BCUT2D eigenvalue weighted by Crippen LogP contribution is 2.26. The van der Waals surface area contributed by atoms with Crippen LogP contribution in [0.4, 0.5) is 8.78 Å². The van der Waals surface area contributed by atoms with Crippen LogP contribution >= 0.6 is 11.3 Å². The molecule has 0 radical (unpaired) electrons. The maximum atomic E-state index is 13.1. The zero-order valence-electron chi connectivity index (χ0n) is 12.1. The van der Waals surface area contributed by atoms with Gasteiger partial charge in [-0.15, -0.1) is 11.3 Å². The Morgan fingerprint density at radius 1 is 1.24 bits per heavy atom. The molecular weight excluding hydrogens is 292 g/mol. The molecule has 0 aliphatic carbocycles. The van der Waals surface area contributed by atoms with Crippen molar-refractivity contribution in [2.45, 2.75) is 25.4 Å². The molecule has 1 heterocycles. The molecule has 21 heavy (non-hydrogen) atoms. The summed E-state index contributed by atoms with van der Waals surface area (Å²) < 4.78 is 26.0. The van der Waals surface area contributed by atoms with Gasteiger partial charge in [0.2, 0.25) is 0 Å². The second-order valence-corrected chi connectivity index (χ2v) is 6.63. The monoisotopic (exact) mass is 311 g/mol. The van der Waals surface area contributed by atoms with E-state index >= 15 is 0 Å². The van der Waals surface area contributed by atoms with E-state index in [0.717, 1.165) is 12.1 Å². The third-order valence-corrected chi connectivity index (χ3v) is 4.66. The maximum absolute atomic E-state index is 13.1. The van der Waals surface area contributed by atoms with Crippen molar-refractivity contribution in [2.75, 3.05) is 13.1 Å². The number of thiophene rings is 1. The molecule has 0 amide bonds. The first-order valence-electron chi connectivity index (χ1n) is 6.78. The van der Waals surface area contributed by atoms with Crippen molar-refractivity contribution in [3.05, 3.63) is 57.8 Å². The molecule has 1 unspecified atom stereocenters. The van der Waals surface area contributed by atoms with Crippen molar-refractivity contribution in [1.29, 1.82) is 0 Å². The van der Waals surface area contributed by atoms with E-state index in [9.17, 15) is 13.9 Å². The minimum atomic E-state index is -0.939. The molecule has 0 spiro atoms. The summed E-state index contributed by atoms with van der Waals surface area (Å²) in [7, 11) is 0. The van der Waals surface area contributed by atoms with Gasteiger partial charge in [0.15, 0.2) is 11.6 Å². The Balaban J connectivity index is 1.89.